The van der Waals surface area contributed by atoms with Crippen LogP contribution in [0.3, 0.4) is 0 Å². The molecule has 3 aromatic rings. The van der Waals surface area contributed by atoms with E-state index in [4.69, 9.17) is 4.42 Å². The molecule has 0 aliphatic carbocycles. The molecule has 2 heterocycles. The van der Waals surface area contributed by atoms with Crippen molar-refractivity contribution in [1.82, 2.24) is 15.3 Å². The van der Waals surface area contributed by atoms with Gasteiger partial charge in [-0.2, -0.15) is 0 Å². The maximum absolute atomic E-state index is 12.0. The van der Waals surface area contributed by atoms with Gasteiger partial charge in [-0.25, -0.2) is 4.98 Å². The van der Waals surface area contributed by atoms with Crippen LogP contribution in [0.2, 0.25) is 0 Å². The zero-order valence-corrected chi connectivity index (χ0v) is 11.7. The fraction of sp³-hybridized carbons (Fsp3) is 0.188. The number of nitrogens with zero attached hydrogens (tertiary/aromatic N) is 2. The molecule has 21 heavy (non-hydrogen) atoms. The van der Waals surface area contributed by atoms with E-state index in [1.165, 1.54) is 0 Å². The number of pyridine rings is 1. The summed E-state index contributed by atoms with van der Waals surface area (Å²) in [5.41, 5.74) is 3.46. The summed E-state index contributed by atoms with van der Waals surface area (Å²) in [6, 6.07) is 9.39. The average molecular weight is 281 g/mol. The van der Waals surface area contributed by atoms with Crippen LogP contribution in [0.1, 0.15) is 17.0 Å². The Bertz CT molecular complexity index is 766. The van der Waals surface area contributed by atoms with Crippen molar-refractivity contribution in [3.63, 3.8) is 0 Å². The molecule has 106 valence electrons. The Labute approximate surface area is 122 Å². The molecule has 0 saturated carbocycles. The lowest BCUT2D eigenvalue weighted by Gasteiger charge is -2.05. The third-order valence-electron chi connectivity index (χ3n) is 3.16. The summed E-state index contributed by atoms with van der Waals surface area (Å²) >= 11 is 0. The van der Waals surface area contributed by atoms with Crippen molar-refractivity contribution < 1.29 is 9.21 Å². The van der Waals surface area contributed by atoms with Crippen molar-refractivity contribution in [2.45, 2.75) is 19.9 Å². The quantitative estimate of drug-likeness (QED) is 0.797. The van der Waals surface area contributed by atoms with Crippen molar-refractivity contribution in [3.05, 3.63) is 59.7 Å². The largest absolute Gasteiger partial charge is 0.441 e. The molecule has 5 nitrogen and oxygen atoms in total. The monoisotopic (exact) mass is 281 g/mol. The summed E-state index contributed by atoms with van der Waals surface area (Å²) in [5, 5.41) is 2.89. The molecule has 0 saturated heterocycles. The minimum atomic E-state index is -0.0256. The first-order valence-corrected chi connectivity index (χ1v) is 6.72. The molecule has 0 spiro atoms. The number of fused-ring (bicyclic) bond motifs is 1. The first-order chi connectivity index (χ1) is 10.2. The molecule has 5 heteroatoms. The third kappa shape index (κ3) is 3.25. The van der Waals surface area contributed by atoms with Crippen LogP contribution in [0.15, 0.2) is 47.1 Å². The number of oxazole rings is 1. The van der Waals surface area contributed by atoms with Crippen LogP contribution in [-0.4, -0.2) is 15.9 Å². The summed E-state index contributed by atoms with van der Waals surface area (Å²) < 4.78 is 5.47. The highest BCUT2D eigenvalue weighted by Gasteiger charge is 2.07. The van der Waals surface area contributed by atoms with Crippen LogP contribution in [0.25, 0.3) is 11.1 Å². The number of benzene rings is 1. The molecule has 1 aromatic carbocycles. The number of amides is 1. The van der Waals surface area contributed by atoms with Gasteiger partial charge in [0, 0.05) is 25.9 Å². The average Bonchev–Trinajstić information content (AvgIpc) is 2.85. The van der Waals surface area contributed by atoms with Crippen LogP contribution >= 0.6 is 0 Å². The maximum Gasteiger partial charge on any atom is 0.224 e. The van der Waals surface area contributed by atoms with Gasteiger partial charge < -0.3 is 9.73 Å². The molecule has 0 bridgehead atoms. The number of hydrogen-bond acceptors (Lipinski definition) is 4. The van der Waals surface area contributed by atoms with E-state index in [1.54, 1.807) is 19.3 Å². The number of carbonyl (C=O) groups is 1. The van der Waals surface area contributed by atoms with E-state index in [1.807, 2.05) is 30.3 Å². The van der Waals surface area contributed by atoms with Gasteiger partial charge in [-0.3, -0.25) is 9.78 Å². The maximum atomic E-state index is 12.0. The van der Waals surface area contributed by atoms with Gasteiger partial charge in [-0.15, -0.1) is 0 Å². The predicted molar refractivity (Wildman–Crippen MR) is 78.5 cm³/mol. The number of aromatic nitrogens is 2. The fourth-order valence-corrected chi connectivity index (χ4v) is 2.14. The van der Waals surface area contributed by atoms with E-state index in [9.17, 15) is 4.79 Å². The molecule has 0 aliphatic heterocycles. The molecule has 0 fully saturated rings. The summed E-state index contributed by atoms with van der Waals surface area (Å²) in [6.45, 7) is 2.31. The normalized spacial score (nSPS) is 10.7. The summed E-state index contributed by atoms with van der Waals surface area (Å²) in [7, 11) is 0. The fourth-order valence-electron chi connectivity index (χ4n) is 2.14. The van der Waals surface area contributed by atoms with Gasteiger partial charge in [0.2, 0.25) is 5.91 Å². The topological polar surface area (TPSA) is 68.0 Å². The predicted octanol–water partition coefficient (Wildman–Crippen LogP) is 2.39. The Morgan fingerprint density at radius 2 is 2.00 bits per heavy atom. The number of carbonyl (C=O) groups excluding carboxylic acids is 1. The molecule has 0 unspecified atom stereocenters. The Kier molecular flexibility index (Phi) is 3.64. The van der Waals surface area contributed by atoms with Crippen molar-refractivity contribution >= 4 is 17.0 Å². The Morgan fingerprint density at radius 1 is 1.19 bits per heavy atom. The first kappa shape index (κ1) is 13.3. The lowest BCUT2D eigenvalue weighted by atomic mass is 10.1. The Balaban J connectivity index is 1.63. The number of rotatable bonds is 4. The highest BCUT2D eigenvalue weighted by molar-refractivity contribution is 5.81. The zero-order valence-electron chi connectivity index (χ0n) is 11.7. The van der Waals surface area contributed by atoms with E-state index in [0.29, 0.717) is 24.4 Å². The van der Waals surface area contributed by atoms with Crippen molar-refractivity contribution in [3.8, 4) is 0 Å². The van der Waals surface area contributed by atoms with Crippen molar-refractivity contribution in [2.24, 2.45) is 0 Å². The van der Waals surface area contributed by atoms with Gasteiger partial charge in [0.15, 0.2) is 11.5 Å². The molecule has 2 aromatic heterocycles. The van der Waals surface area contributed by atoms with Gasteiger partial charge in [-0.05, 0) is 35.4 Å². The molecule has 0 atom stereocenters. The molecule has 3 rings (SSSR count). The third-order valence-corrected chi connectivity index (χ3v) is 3.16. The SMILES string of the molecule is Cc1nc2ccc(CC(=O)NCc3ccncc3)cc2o1. The van der Waals surface area contributed by atoms with Gasteiger partial charge in [0.25, 0.3) is 0 Å². The van der Waals surface area contributed by atoms with Gasteiger partial charge in [0.05, 0.1) is 6.42 Å². The first-order valence-electron chi connectivity index (χ1n) is 6.72. The van der Waals surface area contributed by atoms with Crippen LogP contribution in [0.4, 0.5) is 0 Å². The van der Waals surface area contributed by atoms with E-state index in [2.05, 4.69) is 15.3 Å². The summed E-state index contributed by atoms with van der Waals surface area (Å²) in [4.78, 5) is 20.1. The van der Waals surface area contributed by atoms with E-state index < -0.39 is 0 Å². The summed E-state index contributed by atoms with van der Waals surface area (Å²) in [6.07, 6.45) is 3.74. The second-order valence-electron chi connectivity index (χ2n) is 4.84. The molecular formula is C16H15N3O2. The highest BCUT2D eigenvalue weighted by Crippen LogP contribution is 2.17. The standard InChI is InChI=1S/C16H15N3O2/c1-11-19-14-3-2-13(8-15(14)21-11)9-16(20)18-10-12-4-6-17-7-5-12/h2-8H,9-10H2,1H3,(H,18,20). The summed E-state index contributed by atoms with van der Waals surface area (Å²) in [5.74, 6) is 0.603. The molecule has 0 radical (unpaired) electrons. The Hall–Kier alpha value is -2.69. The van der Waals surface area contributed by atoms with Crippen LogP contribution < -0.4 is 5.32 Å². The smallest absolute Gasteiger partial charge is 0.224 e. The van der Waals surface area contributed by atoms with Crippen LogP contribution in [0, 0.1) is 6.92 Å². The van der Waals surface area contributed by atoms with Gasteiger partial charge in [0.1, 0.15) is 5.52 Å². The van der Waals surface area contributed by atoms with Crippen molar-refractivity contribution in [2.75, 3.05) is 0 Å². The molecule has 0 aliphatic rings. The lowest BCUT2D eigenvalue weighted by Crippen LogP contribution is -2.24. The molecule has 1 N–H and O–H groups in total. The minimum Gasteiger partial charge on any atom is -0.441 e. The van der Waals surface area contributed by atoms with Crippen LogP contribution in [-0.2, 0) is 17.8 Å². The van der Waals surface area contributed by atoms with Gasteiger partial charge in [-0.1, -0.05) is 6.07 Å². The Morgan fingerprint density at radius 3 is 2.81 bits per heavy atom. The number of nitrogens with one attached hydrogen (secondary N) is 1. The number of aryl methyl sites for hydroxylation is 1. The van der Waals surface area contributed by atoms with Gasteiger partial charge >= 0.3 is 0 Å². The highest BCUT2D eigenvalue weighted by atomic mass is 16.3. The second-order valence-corrected chi connectivity index (χ2v) is 4.84. The van der Waals surface area contributed by atoms with E-state index in [-0.39, 0.29) is 5.91 Å². The van der Waals surface area contributed by atoms with Crippen molar-refractivity contribution in [1.29, 1.82) is 0 Å². The zero-order chi connectivity index (χ0) is 14.7. The van der Waals surface area contributed by atoms with Crippen LogP contribution in [0.5, 0.6) is 0 Å². The molecule has 1 amide bonds. The van der Waals surface area contributed by atoms with E-state index >= 15 is 0 Å². The number of hydrogen-bond donors (Lipinski definition) is 1. The molecular weight excluding hydrogens is 266 g/mol. The lowest BCUT2D eigenvalue weighted by molar-refractivity contribution is -0.120. The second kappa shape index (κ2) is 5.75. The minimum absolute atomic E-state index is 0.0256. The van der Waals surface area contributed by atoms with E-state index in [0.717, 1.165) is 16.6 Å².